The Morgan fingerprint density at radius 1 is 1.41 bits per heavy atom. The maximum Gasteiger partial charge on any atom is 0.237 e. The van der Waals surface area contributed by atoms with Crippen molar-refractivity contribution in [3.05, 3.63) is 35.2 Å². The fraction of sp³-hybridized carbons (Fsp3) is 0.438. The van der Waals surface area contributed by atoms with Gasteiger partial charge >= 0.3 is 0 Å². The van der Waals surface area contributed by atoms with Crippen molar-refractivity contribution in [1.29, 1.82) is 0 Å². The lowest BCUT2D eigenvalue weighted by Crippen LogP contribution is -2.23. The van der Waals surface area contributed by atoms with Crippen LogP contribution in [0.2, 0.25) is 0 Å². The molecule has 0 saturated heterocycles. The molecular weight excluding hydrogens is 296 g/mol. The number of aromatic amines is 1. The molecule has 1 aromatic heterocycles. The number of carbonyl (C=O) groups excluding carboxylic acids is 1. The Morgan fingerprint density at radius 3 is 2.86 bits per heavy atom. The quantitative estimate of drug-likeness (QED) is 0.829. The second-order valence-electron chi connectivity index (χ2n) is 5.85. The summed E-state index contributed by atoms with van der Waals surface area (Å²) in [6.07, 6.45) is 2.37. The van der Waals surface area contributed by atoms with Crippen LogP contribution in [0.5, 0.6) is 0 Å². The normalized spacial score (nSPS) is 15.6. The van der Waals surface area contributed by atoms with E-state index in [1.165, 1.54) is 30.2 Å². The predicted octanol–water partition coefficient (Wildman–Crippen LogP) is 3.42. The van der Waals surface area contributed by atoms with Gasteiger partial charge in [0, 0.05) is 11.6 Å². The van der Waals surface area contributed by atoms with Crippen molar-refractivity contribution < 1.29 is 4.79 Å². The van der Waals surface area contributed by atoms with Gasteiger partial charge in [0.1, 0.15) is 5.82 Å². The molecule has 1 amide bonds. The third kappa shape index (κ3) is 3.50. The van der Waals surface area contributed by atoms with Crippen LogP contribution < -0.4 is 5.32 Å². The van der Waals surface area contributed by atoms with Crippen molar-refractivity contribution in [2.24, 2.45) is 0 Å². The lowest BCUT2D eigenvalue weighted by atomic mass is 10.1. The number of carbonyl (C=O) groups is 1. The highest BCUT2D eigenvalue weighted by Gasteiger charge is 2.27. The van der Waals surface area contributed by atoms with E-state index in [1.54, 1.807) is 0 Å². The van der Waals surface area contributed by atoms with Crippen LogP contribution in [0.25, 0.3) is 0 Å². The van der Waals surface area contributed by atoms with E-state index in [2.05, 4.69) is 26.6 Å². The molecule has 6 heteroatoms. The largest absolute Gasteiger partial charge is 0.325 e. The summed E-state index contributed by atoms with van der Waals surface area (Å²) in [4.78, 5) is 16.8. The minimum Gasteiger partial charge on any atom is -0.325 e. The van der Waals surface area contributed by atoms with Crippen molar-refractivity contribution in [3.8, 4) is 0 Å². The maximum atomic E-state index is 12.3. The Kier molecular flexibility index (Phi) is 4.20. The number of nitrogens with one attached hydrogen (secondary N) is 2. The number of hydrogen-bond acceptors (Lipinski definition) is 4. The zero-order valence-electron chi connectivity index (χ0n) is 13.0. The highest BCUT2D eigenvalue weighted by atomic mass is 32.2. The summed E-state index contributed by atoms with van der Waals surface area (Å²) >= 11 is 1.38. The van der Waals surface area contributed by atoms with Crippen LogP contribution in [-0.4, -0.2) is 26.3 Å². The molecule has 0 bridgehead atoms. The molecule has 116 valence electrons. The van der Waals surface area contributed by atoms with Gasteiger partial charge in [-0.2, -0.15) is 0 Å². The van der Waals surface area contributed by atoms with Crippen molar-refractivity contribution in [3.63, 3.8) is 0 Å². The average molecular weight is 316 g/mol. The number of rotatable bonds is 5. The molecule has 1 aliphatic carbocycles. The minimum atomic E-state index is -0.247. The van der Waals surface area contributed by atoms with E-state index in [0.717, 1.165) is 17.1 Å². The van der Waals surface area contributed by atoms with Crippen molar-refractivity contribution in [1.82, 2.24) is 15.2 Å². The number of amides is 1. The molecule has 2 N–H and O–H groups in total. The summed E-state index contributed by atoms with van der Waals surface area (Å²) in [7, 11) is 0. The fourth-order valence-corrected chi connectivity index (χ4v) is 2.98. The smallest absolute Gasteiger partial charge is 0.237 e. The zero-order valence-corrected chi connectivity index (χ0v) is 13.8. The van der Waals surface area contributed by atoms with E-state index >= 15 is 0 Å². The molecule has 0 radical (unpaired) electrons. The van der Waals surface area contributed by atoms with Gasteiger partial charge in [-0.05, 0) is 45.2 Å². The molecular formula is C16H20N4OS. The molecule has 0 aliphatic heterocycles. The number of aromatic nitrogens is 3. The zero-order chi connectivity index (χ0) is 15.7. The fourth-order valence-electron chi connectivity index (χ4n) is 2.25. The van der Waals surface area contributed by atoms with Gasteiger partial charge in [-0.25, -0.2) is 4.98 Å². The van der Waals surface area contributed by atoms with Crippen LogP contribution in [0.3, 0.4) is 0 Å². The van der Waals surface area contributed by atoms with Crippen LogP contribution in [0.1, 0.15) is 42.6 Å². The van der Waals surface area contributed by atoms with E-state index in [0.29, 0.717) is 11.1 Å². The van der Waals surface area contributed by atoms with E-state index in [-0.39, 0.29) is 11.2 Å². The predicted molar refractivity (Wildman–Crippen MR) is 88.2 cm³/mol. The van der Waals surface area contributed by atoms with Crippen LogP contribution in [0.15, 0.2) is 23.4 Å². The lowest BCUT2D eigenvalue weighted by molar-refractivity contribution is -0.115. The molecule has 1 aromatic carbocycles. The number of anilines is 1. The number of nitrogens with zero attached hydrogens (tertiary/aromatic N) is 2. The molecule has 1 aliphatic rings. The number of hydrogen-bond donors (Lipinski definition) is 2. The highest BCUT2D eigenvalue weighted by molar-refractivity contribution is 8.00. The number of thioether (sulfide) groups is 1. The monoisotopic (exact) mass is 316 g/mol. The van der Waals surface area contributed by atoms with E-state index in [1.807, 2.05) is 32.9 Å². The Labute approximate surface area is 134 Å². The maximum absolute atomic E-state index is 12.3. The molecule has 1 fully saturated rings. The highest BCUT2D eigenvalue weighted by Crippen LogP contribution is 2.38. The van der Waals surface area contributed by atoms with Gasteiger partial charge < -0.3 is 5.32 Å². The van der Waals surface area contributed by atoms with Crippen molar-refractivity contribution in [2.75, 3.05) is 5.32 Å². The number of H-pyrrole nitrogens is 1. The second kappa shape index (κ2) is 6.12. The van der Waals surface area contributed by atoms with Gasteiger partial charge in [-0.3, -0.25) is 9.89 Å². The third-order valence-corrected chi connectivity index (χ3v) is 4.70. The third-order valence-electron chi connectivity index (χ3n) is 3.74. The molecule has 2 aromatic rings. The molecule has 5 nitrogen and oxygen atoms in total. The number of aryl methyl sites for hydroxylation is 2. The minimum absolute atomic E-state index is 0.0327. The second-order valence-corrected chi connectivity index (χ2v) is 7.15. The van der Waals surface area contributed by atoms with Gasteiger partial charge in [0.25, 0.3) is 0 Å². The van der Waals surface area contributed by atoms with Crippen molar-refractivity contribution in [2.45, 2.75) is 49.9 Å². The Balaban J connectivity index is 1.60. The standard InChI is InChI=1S/C16H20N4OS/c1-9-4-7-13(10(2)8-9)17-15(21)11(3)22-16-18-14(19-20-16)12-5-6-12/h4,7-8,11-12H,5-6H2,1-3H3,(H,17,21)(H,18,19,20). The molecule has 22 heavy (non-hydrogen) atoms. The first kappa shape index (κ1) is 15.1. The van der Waals surface area contributed by atoms with E-state index in [4.69, 9.17) is 0 Å². The Morgan fingerprint density at radius 2 is 2.18 bits per heavy atom. The van der Waals surface area contributed by atoms with Crippen LogP contribution in [0.4, 0.5) is 5.69 Å². The topological polar surface area (TPSA) is 70.7 Å². The molecule has 3 rings (SSSR count). The molecule has 1 heterocycles. The van der Waals surface area contributed by atoms with Gasteiger partial charge in [0.15, 0.2) is 0 Å². The summed E-state index contributed by atoms with van der Waals surface area (Å²) < 4.78 is 0. The van der Waals surface area contributed by atoms with Crippen LogP contribution >= 0.6 is 11.8 Å². The summed E-state index contributed by atoms with van der Waals surface area (Å²) in [5.74, 6) is 1.46. The van der Waals surface area contributed by atoms with Crippen LogP contribution in [0, 0.1) is 13.8 Å². The Bertz CT molecular complexity index is 693. The Hall–Kier alpha value is -1.82. The summed E-state index contributed by atoms with van der Waals surface area (Å²) in [6.45, 7) is 5.91. The number of benzene rings is 1. The van der Waals surface area contributed by atoms with E-state index in [9.17, 15) is 4.79 Å². The lowest BCUT2D eigenvalue weighted by Gasteiger charge is -2.12. The van der Waals surface area contributed by atoms with E-state index < -0.39 is 0 Å². The molecule has 0 spiro atoms. The van der Waals surface area contributed by atoms with Gasteiger partial charge in [0.05, 0.1) is 5.25 Å². The molecule has 1 unspecified atom stereocenters. The first-order chi connectivity index (χ1) is 10.5. The van der Waals surface area contributed by atoms with Gasteiger partial charge in [0.2, 0.25) is 11.1 Å². The first-order valence-corrected chi connectivity index (χ1v) is 8.38. The SMILES string of the molecule is Cc1ccc(NC(=O)C(C)Sc2n[nH]c(C3CC3)n2)c(C)c1. The summed E-state index contributed by atoms with van der Waals surface area (Å²) in [6, 6.07) is 6.00. The molecule has 1 atom stereocenters. The van der Waals surface area contributed by atoms with Gasteiger partial charge in [-0.15, -0.1) is 5.10 Å². The summed E-state index contributed by atoms with van der Waals surface area (Å²) in [5, 5.41) is 10.5. The van der Waals surface area contributed by atoms with Crippen LogP contribution in [-0.2, 0) is 4.79 Å². The van der Waals surface area contributed by atoms with Crippen molar-refractivity contribution >= 4 is 23.4 Å². The molecule has 1 saturated carbocycles. The average Bonchev–Trinajstić information content (AvgIpc) is 3.22. The summed E-state index contributed by atoms with van der Waals surface area (Å²) in [5.41, 5.74) is 3.11. The first-order valence-electron chi connectivity index (χ1n) is 7.50. The van der Waals surface area contributed by atoms with Gasteiger partial charge in [-0.1, -0.05) is 29.5 Å².